The van der Waals surface area contributed by atoms with Gasteiger partial charge in [-0.25, -0.2) is 4.39 Å². The van der Waals surface area contributed by atoms with Crippen LogP contribution in [0.25, 0.3) is 5.69 Å². The average Bonchev–Trinajstić information content (AvgIpc) is 3.30. The molecule has 10 heteroatoms. The SMILES string of the molecule is COc1ccc(C(=O)NCc2nnc(SCC(=O)Nc3ccc(C)cc3)n2-c2ccc(F)cc2)cc1. The molecular weight excluding hydrogens is 481 g/mol. The number of hydrogen-bond donors (Lipinski definition) is 2. The molecule has 0 saturated carbocycles. The summed E-state index contributed by atoms with van der Waals surface area (Å²) in [5.41, 5.74) is 2.87. The summed E-state index contributed by atoms with van der Waals surface area (Å²) >= 11 is 1.19. The van der Waals surface area contributed by atoms with E-state index in [1.54, 1.807) is 48.1 Å². The summed E-state index contributed by atoms with van der Waals surface area (Å²) in [7, 11) is 1.55. The van der Waals surface area contributed by atoms with E-state index in [9.17, 15) is 14.0 Å². The van der Waals surface area contributed by atoms with Crippen LogP contribution >= 0.6 is 11.8 Å². The first-order valence-electron chi connectivity index (χ1n) is 11.0. The van der Waals surface area contributed by atoms with Gasteiger partial charge in [-0.3, -0.25) is 14.2 Å². The number of ether oxygens (including phenoxy) is 1. The van der Waals surface area contributed by atoms with Crippen LogP contribution in [0.3, 0.4) is 0 Å². The van der Waals surface area contributed by atoms with E-state index in [-0.39, 0.29) is 29.9 Å². The van der Waals surface area contributed by atoms with Crippen LogP contribution in [0, 0.1) is 12.7 Å². The number of nitrogens with zero attached hydrogens (tertiary/aromatic N) is 3. The highest BCUT2D eigenvalue weighted by atomic mass is 32.2. The van der Waals surface area contributed by atoms with E-state index in [1.165, 1.54) is 23.9 Å². The maximum absolute atomic E-state index is 13.5. The molecule has 0 aliphatic carbocycles. The Bertz CT molecular complexity index is 1340. The van der Waals surface area contributed by atoms with Crippen LogP contribution in [0.1, 0.15) is 21.7 Å². The zero-order chi connectivity index (χ0) is 25.5. The van der Waals surface area contributed by atoms with E-state index < -0.39 is 0 Å². The minimum atomic E-state index is -0.382. The first-order chi connectivity index (χ1) is 17.4. The quantitative estimate of drug-likeness (QED) is 0.328. The molecular formula is C26H24FN5O3S. The largest absolute Gasteiger partial charge is 0.497 e. The summed E-state index contributed by atoms with van der Waals surface area (Å²) in [6, 6.07) is 20.1. The fraction of sp³-hybridized carbons (Fsp3) is 0.154. The number of carbonyl (C=O) groups excluding carboxylic acids is 2. The first kappa shape index (κ1) is 24.9. The summed E-state index contributed by atoms with van der Waals surface area (Å²) in [5, 5.41) is 14.5. The minimum absolute atomic E-state index is 0.0748. The van der Waals surface area contributed by atoms with Gasteiger partial charge < -0.3 is 15.4 Å². The smallest absolute Gasteiger partial charge is 0.251 e. The van der Waals surface area contributed by atoms with Gasteiger partial charge in [0.15, 0.2) is 11.0 Å². The molecule has 4 aromatic rings. The molecule has 0 spiro atoms. The molecule has 36 heavy (non-hydrogen) atoms. The third-order valence-electron chi connectivity index (χ3n) is 5.21. The number of carbonyl (C=O) groups is 2. The molecule has 0 unspecified atom stereocenters. The first-order valence-corrected chi connectivity index (χ1v) is 12.0. The Morgan fingerprint density at radius 1 is 0.972 bits per heavy atom. The molecule has 8 nitrogen and oxygen atoms in total. The summed E-state index contributed by atoms with van der Waals surface area (Å²) < 4.78 is 20.4. The van der Waals surface area contributed by atoms with Crippen molar-refractivity contribution in [3.63, 3.8) is 0 Å². The Hall–Kier alpha value is -4.18. The van der Waals surface area contributed by atoms with E-state index in [0.717, 1.165) is 5.56 Å². The van der Waals surface area contributed by atoms with Crippen molar-refractivity contribution in [2.45, 2.75) is 18.6 Å². The van der Waals surface area contributed by atoms with Crippen molar-refractivity contribution in [2.24, 2.45) is 0 Å². The molecule has 2 amide bonds. The molecule has 184 valence electrons. The van der Waals surface area contributed by atoms with Gasteiger partial charge in [0, 0.05) is 16.9 Å². The van der Waals surface area contributed by atoms with Crippen LogP contribution in [0.5, 0.6) is 5.75 Å². The third-order valence-corrected chi connectivity index (χ3v) is 6.14. The number of anilines is 1. The van der Waals surface area contributed by atoms with Crippen molar-refractivity contribution in [2.75, 3.05) is 18.2 Å². The molecule has 2 N–H and O–H groups in total. The van der Waals surface area contributed by atoms with Crippen LogP contribution in [0.2, 0.25) is 0 Å². The van der Waals surface area contributed by atoms with Crippen molar-refractivity contribution < 1.29 is 18.7 Å². The van der Waals surface area contributed by atoms with Crippen molar-refractivity contribution in [3.8, 4) is 11.4 Å². The van der Waals surface area contributed by atoms with Crippen LogP contribution < -0.4 is 15.4 Å². The number of rotatable bonds is 9. The van der Waals surface area contributed by atoms with E-state index in [4.69, 9.17) is 4.74 Å². The zero-order valence-corrected chi connectivity index (χ0v) is 20.5. The second-order valence-corrected chi connectivity index (χ2v) is 8.77. The molecule has 0 saturated heterocycles. The number of halogens is 1. The molecule has 0 bridgehead atoms. The Labute approximate surface area is 211 Å². The Kier molecular flexibility index (Phi) is 7.96. The molecule has 1 heterocycles. The van der Waals surface area contributed by atoms with Gasteiger partial charge in [0.1, 0.15) is 11.6 Å². The lowest BCUT2D eigenvalue weighted by molar-refractivity contribution is -0.113. The summed E-state index contributed by atoms with van der Waals surface area (Å²) in [6.45, 7) is 2.05. The van der Waals surface area contributed by atoms with Gasteiger partial charge in [-0.05, 0) is 67.6 Å². The summed E-state index contributed by atoms with van der Waals surface area (Å²) in [6.07, 6.45) is 0. The van der Waals surface area contributed by atoms with Crippen LogP contribution in [0.4, 0.5) is 10.1 Å². The van der Waals surface area contributed by atoms with Crippen molar-refractivity contribution in [1.29, 1.82) is 0 Å². The van der Waals surface area contributed by atoms with Gasteiger partial charge in [0.25, 0.3) is 5.91 Å². The van der Waals surface area contributed by atoms with Crippen molar-refractivity contribution in [1.82, 2.24) is 20.1 Å². The monoisotopic (exact) mass is 505 g/mol. The van der Waals surface area contributed by atoms with E-state index >= 15 is 0 Å². The number of amides is 2. The molecule has 0 fully saturated rings. The highest BCUT2D eigenvalue weighted by Gasteiger charge is 2.17. The highest BCUT2D eigenvalue weighted by Crippen LogP contribution is 2.23. The number of benzene rings is 3. The molecule has 0 aliphatic heterocycles. The number of nitrogens with one attached hydrogen (secondary N) is 2. The maximum atomic E-state index is 13.5. The number of hydrogen-bond acceptors (Lipinski definition) is 6. The number of aryl methyl sites for hydroxylation is 1. The number of methoxy groups -OCH3 is 1. The second-order valence-electron chi connectivity index (χ2n) is 7.82. The maximum Gasteiger partial charge on any atom is 0.251 e. The van der Waals surface area contributed by atoms with E-state index in [1.807, 2.05) is 31.2 Å². The van der Waals surface area contributed by atoms with Gasteiger partial charge in [0.05, 0.1) is 19.4 Å². The predicted molar refractivity (Wildman–Crippen MR) is 136 cm³/mol. The van der Waals surface area contributed by atoms with Gasteiger partial charge >= 0.3 is 0 Å². The number of thioether (sulfide) groups is 1. The van der Waals surface area contributed by atoms with Gasteiger partial charge in [0.2, 0.25) is 5.91 Å². The molecule has 4 rings (SSSR count). The van der Waals surface area contributed by atoms with Crippen molar-refractivity contribution in [3.05, 3.63) is 95.6 Å². The summed E-state index contributed by atoms with van der Waals surface area (Å²) in [5.74, 6) is 0.295. The van der Waals surface area contributed by atoms with Gasteiger partial charge in [-0.2, -0.15) is 0 Å². The topological polar surface area (TPSA) is 98.1 Å². The third kappa shape index (κ3) is 6.28. The fourth-order valence-corrected chi connectivity index (χ4v) is 4.10. The fourth-order valence-electron chi connectivity index (χ4n) is 3.33. The van der Waals surface area contributed by atoms with Crippen LogP contribution in [-0.2, 0) is 11.3 Å². The second kappa shape index (κ2) is 11.5. The highest BCUT2D eigenvalue weighted by molar-refractivity contribution is 7.99. The predicted octanol–water partition coefficient (Wildman–Crippen LogP) is 4.38. The molecule has 3 aromatic carbocycles. The summed E-state index contributed by atoms with van der Waals surface area (Å²) in [4.78, 5) is 25.1. The Morgan fingerprint density at radius 3 is 2.33 bits per heavy atom. The van der Waals surface area contributed by atoms with Gasteiger partial charge in [-0.1, -0.05) is 29.5 Å². The van der Waals surface area contributed by atoms with Gasteiger partial charge in [-0.15, -0.1) is 10.2 Å². The van der Waals surface area contributed by atoms with Crippen LogP contribution in [-0.4, -0.2) is 39.4 Å². The standard InChI is InChI=1S/C26H24FN5O3S/c1-17-3-9-20(10-4-17)29-24(33)16-36-26-31-30-23(32(26)21-11-7-19(27)8-12-21)15-28-25(34)18-5-13-22(35-2)14-6-18/h3-14H,15-16H2,1-2H3,(H,28,34)(H,29,33). The van der Waals surface area contributed by atoms with E-state index in [0.29, 0.717) is 33.7 Å². The lowest BCUT2D eigenvalue weighted by Crippen LogP contribution is -2.24. The normalized spacial score (nSPS) is 10.6. The van der Waals surface area contributed by atoms with Crippen LogP contribution in [0.15, 0.2) is 78.0 Å². The molecule has 0 radical (unpaired) electrons. The van der Waals surface area contributed by atoms with Crippen molar-refractivity contribution >= 4 is 29.3 Å². The minimum Gasteiger partial charge on any atom is -0.497 e. The lowest BCUT2D eigenvalue weighted by Gasteiger charge is -2.11. The average molecular weight is 506 g/mol. The Balaban J connectivity index is 1.48. The molecule has 1 aromatic heterocycles. The molecule has 0 atom stereocenters. The molecule has 0 aliphatic rings. The Morgan fingerprint density at radius 2 is 1.67 bits per heavy atom. The van der Waals surface area contributed by atoms with E-state index in [2.05, 4.69) is 20.8 Å². The lowest BCUT2D eigenvalue weighted by atomic mass is 10.2. The zero-order valence-electron chi connectivity index (χ0n) is 19.7. The number of aromatic nitrogens is 3.